The van der Waals surface area contributed by atoms with Gasteiger partial charge in [0.1, 0.15) is 0 Å². The standard InChI is InChI=1S/C9H13N3O4/c1-9(2,8(15)16)4-12-3-5(10)6(11-12)7(13)14/h3H,4,10H2,1-2H3,(H,13,14)(H,15,16). The Morgan fingerprint density at radius 2 is 2.06 bits per heavy atom. The van der Waals surface area contributed by atoms with E-state index in [1.54, 1.807) is 0 Å². The van der Waals surface area contributed by atoms with Gasteiger partial charge in [0.2, 0.25) is 0 Å². The van der Waals surface area contributed by atoms with E-state index < -0.39 is 17.4 Å². The van der Waals surface area contributed by atoms with Crippen LogP contribution in [0.3, 0.4) is 0 Å². The second-order valence-corrected chi connectivity index (χ2v) is 4.12. The van der Waals surface area contributed by atoms with Crippen molar-refractivity contribution < 1.29 is 19.8 Å². The molecule has 0 atom stereocenters. The molecule has 0 aliphatic carbocycles. The summed E-state index contributed by atoms with van der Waals surface area (Å²) in [6, 6.07) is 0. The van der Waals surface area contributed by atoms with Crippen LogP contribution >= 0.6 is 0 Å². The molecule has 0 aromatic carbocycles. The highest BCUT2D eigenvalue weighted by atomic mass is 16.4. The highest BCUT2D eigenvalue weighted by Crippen LogP contribution is 2.19. The van der Waals surface area contributed by atoms with Crippen LogP contribution in [0.15, 0.2) is 6.20 Å². The van der Waals surface area contributed by atoms with Gasteiger partial charge in [-0.3, -0.25) is 9.48 Å². The number of nitrogens with zero attached hydrogens (tertiary/aromatic N) is 2. The zero-order valence-corrected chi connectivity index (χ0v) is 8.97. The second-order valence-electron chi connectivity index (χ2n) is 4.12. The number of aliphatic carboxylic acids is 1. The van der Waals surface area contributed by atoms with Gasteiger partial charge in [0.05, 0.1) is 17.6 Å². The summed E-state index contributed by atoms with van der Waals surface area (Å²) in [6.07, 6.45) is 1.31. The average Bonchev–Trinajstić information content (AvgIpc) is 2.45. The topological polar surface area (TPSA) is 118 Å². The predicted octanol–water partition coefficient (Wildman–Crippen LogP) is 0.274. The molecule has 7 heteroatoms. The quantitative estimate of drug-likeness (QED) is 0.679. The maximum absolute atomic E-state index is 10.9. The van der Waals surface area contributed by atoms with E-state index in [2.05, 4.69) is 5.10 Å². The van der Waals surface area contributed by atoms with Gasteiger partial charge >= 0.3 is 11.9 Å². The van der Waals surface area contributed by atoms with Crippen molar-refractivity contribution in [2.24, 2.45) is 5.41 Å². The number of anilines is 1. The molecule has 1 aromatic heterocycles. The molecule has 0 saturated carbocycles. The van der Waals surface area contributed by atoms with Crippen LogP contribution in [-0.2, 0) is 11.3 Å². The molecule has 1 aromatic rings. The summed E-state index contributed by atoms with van der Waals surface area (Å²) in [5.74, 6) is -2.22. The Morgan fingerprint density at radius 1 is 1.50 bits per heavy atom. The number of hydrogen-bond donors (Lipinski definition) is 3. The van der Waals surface area contributed by atoms with Crippen molar-refractivity contribution in [3.05, 3.63) is 11.9 Å². The number of rotatable bonds is 4. The molecule has 0 saturated heterocycles. The van der Waals surface area contributed by atoms with Crippen molar-refractivity contribution in [1.29, 1.82) is 0 Å². The molecule has 1 rings (SSSR count). The monoisotopic (exact) mass is 227 g/mol. The van der Waals surface area contributed by atoms with Crippen molar-refractivity contribution in [3.8, 4) is 0 Å². The van der Waals surface area contributed by atoms with E-state index in [4.69, 9.17) is 15.9 Å². The molecule has 7 nitrogen and oxygen atoms in total. The molecule has 0 unspecified atom stereocenters. The molecule has 1 heterocycles. The number of carboxylic acid groups (broad SMARTS) is 2. The average molecular weight is 227 g/mol. The largest absolute Gasteiger partial charge is 0.481 e. The molecule has 0 radical (unpaired) electrons. The highest BCUT2D eigenvalue weighted by molar-refractivity contribution is 5.91. The zero-order valence-electron chi connectivity index (χ0n) is 8.97. The van der Waals surface area contributed by atoms with Gasteiger partial charge in [-0.15, -0.1) is 0 Å². The lowest BCUT2D eigenvalue weighted by molar-refractivity contribution is -0.147. The van der Waals surface area contributed by atoms with E-state index in [0.29, 0.717) is 0 Å². The zero-order chi connectivity index (χ0) is 12.5. The summed E-state index contributed by atoms with van der Waals surface area (Å²) in [6.45, 7) is 3.10. The third-order valence-corrected chi connectivity index (χ3v) is 2.13. The minimum absolute atomic E-state index is 0.0219. The summed E-state index contributed by atoms with van der Waals surface area (Å²) in [7, 11) is 0. The molecular weight excluding hydrogens is 214 g/mol. The number of hydrogen-bond acceptors (Lipinski definition) is 4. The van der Waals surface area contributed by atoms with Crippen LogP contribution in [0.5, 0.6) is 0 Å². The summed E-state index contributed by atoms with van der Waals surface area (Å²) >= 11 is 0. The lowest BCUT2D eigenvalue weighted by atomic mass is 9.94. The third kappa shape index (κ3) is 2.30. The fourth-order valence-corrected chi connectivity index (χ4v) is 1.16. The highest BCUT2D eigenvalue weighted by Gasteiger charge is 2.28. The number of carbonyl (C=O) groups is 2. The minimum Gasteiger partial charge on any atom is -0.481 e. The molecule has 0 aliphatic heterocycles. The Bertz CT molecular complexity index is 436. The van der Waals surface area contributed by atoms with Crippen molar-refractivity contribution in [2.75, 3.05) is 5.73 Å². The van der Waals surface area contributed by atoms with E-state index in [-0.39, 0.29) is 17.9 Å². The maximum Gasteiger partial charge on any atom is 0.358 e. The number of aromatic nitrogens is 2. The van der Waals surface area contributed by atoms with E-state index in [9.17, 15) is 9.59 Å². The van der Waals surface area contributed by atoms with Crippen LogP contribution in [0.1, 0.15) is 24.3 Å². The molecule has 0 aliphatic rings. The smallest absolute Gasteiger partial charge is 0.358 e. The van der Waals surface area contributed by atoms with Gasteiger partial charge in [-0.25, -0.2) is 4.79 Å². The van der Waals surface area contributed by atoms with Crippen LogP contribution < -0.4 is 5.73 Å². The number of nitrogens with two attached hydrogens (primary N) is 1. The van der Waals surface area contributed by atoms with Gasteiger partial charge in [0, 0.05) is 6.20 Å². The van der Waals surface area contributed by atoms with Crippen LogP contribution in [0.25, 0.3) is 0 Å². The van der Waals surface area contributed by atoms with E-state index in [1.165, 1.54) is 24.7 Å². The van der Waals surface area contributed by atoms with Crippen LogP contribution in [-0.4, -0.2) is 31.9 Å². The normalized spacial score (nSPS) is 11.4. The van der Waals surface area contributed by atoms with Crippen molar-refractivity contribution in [2.45, 2.75) is 20.4 Å². The lowest BCUT2D eigenvalue weighted by Crippen LogP contribution is -2.29. The SMILES string of the molecule is CC(C)(Cn1cc(N)c(C(=O)O)n1)C(=O)O. The van der Waals surface area contributed by atoms with Gasteiger partial charge in [0.25, 0.3) is 0 Å². The molecular formula is C9H13N3O4. The van der Waals surface area contributed by atoms with Gasteiger partial charge in [0.15, 0.2) is 5.69 Å². The molecule has 0 bridgehead atoms. The summed E-state index contributed by atoms with van der Waals surface area (Å²) in [4.78, 5) is 21.5. The molecule has 16 heavy (non-hydrogen) atoms. The van der Waals surface area contributed by atoms with E-state index in [0.717, 1.165) is 0 Å². The Hall–Kier alpha value is -2.05. The van der Waals surface area contributed by atoms with Crippen molar-refractivity contribution >= 4 is 17.6 Å². The van der Waals surface area contributed by atoms with Crippen LogP contribution in [0.2, 0.25) is 0 Å². The molecule has 0 amide bonds. The lowest BCUT2D eigenvalue weighted by Gasteiger charge is -2.18. The van der Waals surface area contributed by atoms with Gasteiger partial charge in [-0.05, 0) is 13.8 Å². The van der Waals surface area contributed by atoms with Gasteiger partial charge < -0.3 is 15.9 Å². The van der Waals surface area contributed by atoms with Crippen LogP contribution in [0, 0.1) is 5.41 Å². The minimum atomic E-state index is -1.23. The Balaban J connectivity index is 2.96. The first-order chi connectivity index (χ1) is 7.24. The van der Waals surface area contributed by atoms with E-state index in [1.807, 2.05) is 0 Å². The van der Waals surface area contributed by atoms with Gasteiger partial charge in [-0.1, -0.05) is 0 Å². The second kappa shape index (κ2) is 3.84. The number of nitrogen functional groups attached to an aromatic ring is 1. The molecule has 0 spiro atoms. The fourth-order valence-electron chi connectivity index (χ4n) is 1.16. The molecule has 88 valence electrons. The maximum atomic E-state index is 10.9. The Morgan fingerprint density at radius 3 is 2.44 bits per heavy atom. The Kier molecular flexibility index (Phi) is 2.88. The predicted molar refractivity (Wildman–Crippen MR) is 55.0 cm³/mol. The summed E-state index contributed by atoms with van der Waals surface area (Å²) in [5.41, 5.74) is 4.15. The van der Waals surface area contributed by atoms with Crippen molar-refractivity contribution in [1.82, 2.24) is 9.78 Å². The Labute approximate surface area is 91.5 Å². The van der Waals surface area contributed by atoms with Crippen LogP contribution in [0.4, 0.5) is 5.69 Å². The summed E-state index contributed by atoms with van der Waals surface area (Å²) < 4.78 is 1.23. The molecule has 4 N–H and O–H groups in total. The first-order valence-electron chi connectivity index (χ1n) is 4.53. The first-order valence-corrected chi connectivity index (χ1v) is 4.53. The number of aromatic carboxylic acids is 1. The summed E-state index contributed by atoms with van der Waals surface area (Å²) in [5, 5.41) is 21.3. The number of carboxylic acids is 2. The molecule has 0 fully saturated rings. The van der Waals surface area contributed by atoms with Crippen molar-refractivity contribution in [3.63, 3.8) is 0 Å². The first kappa shape index (κ1) is 12.0. The van der Waals surface area contributed by atoms with Gasteiger partial charge in [-0.2, -0.15) is 5.10 Å². The third-order valence-electron chi connectivity index (χ3n) is 2.13. The van der Waals surface area contributed by atoms with E-state index >= 15 is 0 Å². The fraction of sp³-hybridized carbons (Fsp3) is 0.444.